The van der Waals surface area contributed by atoms with Crippen LogP contribution in [0.2, 0.25) is 0 Å². The summed E-state index contributed by atoms with van der Waals surface area (Å²) in [6, 6.07) is 7.14. The van der Waals surface area contributed by atoms with Gasteiger partial charge >= 0.3 is 6.61 Å². The quantitative estimate of drug-likeness (QED) is 0.410. The van der Waals surface area contributed by atoms with Crippen LogP contribution in [0.4, 0.5) is 8.78 Å². The third kappa shape index (κ3) is 7.40. The number of aryl methyl sites for hydroxylation is 1. The first-order chi connectivity index (χ1) is 14.1. The molecule has 162 valence electrons. The zero-order chi connectivity index (χ0) is 20.5. The third-order valence-electron chi connectivity index (χ3n) is 7.04. The molecule has 0 N–H and O–H groups in total. The predicted octanol–water partition coefficient (Wildman–Crippen LogP) is 7.04. The largest absolute Gasteiger partial charge is 0.435 e. The summed E-state index contributed by atoms with van der Waals surface area (Å²) in [4.78, 5) is 0. The molecule has 29 heavy (non-hydrogen) atoms. The van der Waals surface area contributed by atoms with E-state index >= 15 is 0 Å². The molecule has 0 bridgehead atoms. The van der Waals surface area contributed by atoms with Gasteiger partial charge in [0.25, 0.3) is 0 Å². The smallest absolute Gasteiger partial charge is 0.387 e. The SMILES string of the molecule is COC/C=C/[C@H]1CC[C@H](C2CCC(CCc3ccc(OC(F)F)cc3)CC2)CC1. The fourth-order valence-corrected chi connectivity index (χ4v) is 5.31. The van der Waals surface area contributed by atoms with Crippen LogP contribution in [0.3, 0.4) is 0 Å². The molecular formula is C25H36F2O2. The van der Waals surface area contributed by atoms with Crippen LogP contribution in [0.5, 0.6) is 5.75 Å². The van der Waals surface area contributed by atoms with Crippen LogP contribution in [-0.4, -0.2) is 20.3 Å². The van der Waals surface area contributed by atoms with E-state index in [1.165, 1.54) is 63.4 Å². The second kappa shape index (κ2) is 11.7. The van der Waals surface area contributed by atoms with E-state index in [1.54, 1.807) is 19.2 Å². The van der Waals surface area contributed by atoms with E-state index in [2.05, 4.69) is 16.9 Å². The third-order valence-corrected chi connectivity index (χ3v) is 7.04. The minimum Gasteiger partial charge on any atom is -0.435 e. The highest BCUT2D eigenvalue weighted by Gasteiger charge is 2.30. The van der Waals surface area contributed by atoms with Gasteiger partial charge in [0, 0.05) is 7.11 Å². The summed E-state index contributed by atoms with van der Waals surface area (Å²) in [5.41, 5.74) is 1.22. The van der Waals surface area contributed by atoms with Gasteiger partial charge in [-0.05, 0) is 92.7 Å². The Labute approximate surface area is 174 Å². The summed E-state index contributed by atoms with van der Waals surface area (Å²) in [6.07, 6.45) is 17.7. The Morgan fingerprint density at radius 1 is 0.931 bits per heavy atom. The number of alkyl halides is 2. The first-order valence-electron chi connectivity index (χ1n) is 11.3. The fourth-order valence-electron chi connectivity index (χ4n) is 5.31. The van der Waals surface area contributed by atoms with Gasteiger partial charge in [-0.1, -0.05) is 37.1 Å². The molecule has 2 fully saturated rings. The fraction of sp³-hybridized carbons (Fsp3) is 0.680. The normalized spacial score (nSPS) is 28.1. The monoisotopic (exact) mass is 406 g/mol. The molecular weight excluding hydrogens is 370 g/mol. The highest BCUT2D eigenvalue weighted by Crippen LogP contribution is 2.42. The molecule has 0 unspecified atom stereocenters. The van der Waals surface area contributed by atoms with Crippen molar-refractivity contribution >= 4 is 0 Å². The van der Waals surface area contributed by atoms with Crippen LogP contribution in [0.1, 0.15) is 63.4 Å². The highest BCUT2D eigenvalue weighted by molar-refractivity contribution is 5.27. The number of methoxy groups -OCH3 is 1. The Bertz CT molecular complexity index is 598. The van der Waals surface area contributed by atoms with Gasteiger partial charge in [-0.2, -0.15) is 8.78 Å². The Hall–Kier alpha value is -1.42. The molecule has 3 rings (SSSR count). The summed E-state index contributed by atoms with van der Waals surface area (Å²) in [5, 5.41) is 0. The van der Waals surface area contributed by atoms with Gasteiger partial charge in [0.15, 0.2) is 0 Å². The summed E-state index contributed by atoms with van der Waals surface area (Å²) in [7, 11) is 1.75. The molecule has 2 aliphatic rings. The number of hydrogen-bond donors (Lipinski definition) is 0. The second-order valence-electron chi connectivity index (χ2n) is 8.90. The van der Waals surface area contributed by atoms with E-state index in [0.717, 1.165) is 36.7 Å². The zero-order valence-corrected chi connectivity index (χ0v) is 17.7. The minimum atomic E-state index is -2.75. The van der Waals surface area contributed by atoms with Gasteiger partial charge in [0.2, 0.25) is 0 Å². The van der Waals surface area contributed by atoms with E-state index in [4.69, 9.17) is 4.74 Å². The van der Waals surface area contributed by atoms with Crippen molar-refractivity contribution in [2.45, 2.75) is 70.8 Å². The van der Waals surface area contributed by atoms with Gasteiger partial charge < -0.3 is 9.47 Å². The lowest BCUT2D eigenvalue weighted by atomic mass is 9.68. The number of rotatable bonds is 9. The van der Waals surface area contributed by atoms with E-state index in [0.29, 0.717) is 0 Å². The molecule has 1 aromatic rings. The van der Waals surface area contributed by atoms with Crippen LogP contribution < -0.4 is 4.74 Å². The first kappa shape index (κ1) is 22.3. The molecule has 0 heterocycles. The lowest BCUT2D eigenvalue weighted by molar-refractivity contribution is -0.0498. The van der Waals surface area contributed by atoms with Gasteiger partial charge in [0.1, 0.15) is 5.75 Å². The van der Waals surface area contributed by atoms with Gasteiger partial charge in [-0.15, -0.1) is 0 Å². The van der Waals surface area contributed by atoms with Crippen LogP contribution >= 0.6 is 0 Å². The van der Waals surface area contributed by atoms with Crippen molar-refractivity contribution in [2.24, 2.45) is 23.7 Å². The predicted molar refractivity (Wildman–Crippen MR) is 113 cm³/mol. The van der Waals surface area contributed by atoms with Crippen molar-refractivity contribution < 1.29 is 18.3 Å². The minimum absolute atomic E-state index is 0.244. The molecule has 0 aliphatic heterocycles. The molecule has 1 aromatic carbocycles. The Morgan fingerprint density at radius 3 is 2.14 bits per heavy atom. The number of ether oxygens (including phenoxy) is 2. The van der Waals surface area contributed by atoms with Crippen molar-refractivity contribution in [2.75, 3.05) is 13.7 Å². The molecule has 0 amide bonds. The van der Waals surface area contributed by atoms with Crippen molar-refractivity contribution in [1.29, 1.82) is 0 Å². The van der Waals surface area contributed by atoms with E-state index in [-0.39, 0.29) is 5.75 Å². The molecule has 0 spiro atoms. The Morgan fingerprint density at radius 2 is 1.55 bits per heavy atom. The summed E-state index contributed by atoms with van der Waals surface area (Å²) >= 11 is 0. The van der Waals surface area contributed by atoms with Crippen LogP contribution in [-0.2, 0) is 11.2 Å². The van der Waals surface area contributed by atoms with Gasteiger partial charge in [-0.3, -0.25) is 0 Å². The Kier molecular flexibility index (Phi) is 8.97. The van der Waals surface area contributed by atoms with Crippen LogP contribution in [0.25, 0.3) is 0 Å². The maximum Gasteiger partial charge on any atom is 0.387 e. The lowest BCUT2D eigenvalue weighted by Crippen LogP contribution is -2.25. The molecule has 0 aromatic heterocycles. The molecule has 2 saturated carbocycles. The van der Waals surface area contributed by atoms with Gasteiger partial charge in [0.05, 0.1) is 6.61 Å². The van der Waals surface area contributed by atoms with Gasteiger partial charge in [-0.25, -0.2) is 0 Å². The standard InChI is InChI=1S/C25H36F2O2/c1-28-18-2-3-19-6-12-22(13-7-19)23-14-8-20(9-15-23)4-5-21-10-16-24(17-11-21)29-25(26)27/h2-3,10-11,16-17,19-20,22-23,25H,4-9,12-15,18H2,1H3/b3-2+/t19-,20?,22-,23?. The second-order valence-corrected chi connectivity index (χ2v) is 8.90. The number of allylic oxidation sites excluding steroid dienone is 1. The Balaban J connectivity index is 1.33. The molecule has 0 radical (unpaired) electrons. The highest BCUT2D eigenvalue weighted by atomic mass is 19.3. The zero-order valence-electron chi connectivity index (χ0n) is 17.7. The molecule has 2 aliphatic carbocycles. The molecule has 0 saturated heterocycles. The van der Waals surface area contributed by atoms with Crippen molar-refractivity contribution in [3.63, 3.8) is 0 Å². The van der Waals surface area contributed by atoms with Crippen molar-refractivity contribution in [3.05, 3.63) is 42.0 Å². The first-order valence-corrected chi connectivity index (χ1v) is 11.3. The van der Waals surface area contributed by atoms with Crippen molar-refractivity contribution in [1.82, 2.24) is 0 Å². The maximum absolute atomic E-state index is 12.2. The molecule has 4 heteroatoms. The summed E-state index contributed by atoms with van der Waals surface area (Å²) in [5.74, 6) is 3.69. The molecule has 0 atom stereocenters. The lowest BCUT2D eigenvalue weighted by Gasteiger charge is -2.37. The van der Waals surface area contributed by atoms with E-state index < -0.39 is 6.61 Å². The number of hydrogen-bond acceptors (Lipinski definition) is 2. The average Bonchev–Trinajstić information content (AvgIpc) is 2.74. The van der Waals surface area contributed by atoms with Crippen LogP contribution in [0.15, 0.2) is 36.4 Å². The summed E-state index contributed by atoms with van der Waals surface area (Å²) < 4.78 is 34.0. The van der Waals surface area contributed by atoms with E-state index in [9.17, 15) is 8.78 Å². The van der Waals surface area contributed by atoms with E-state index in [1.807, 2.05) is 12.1 Å². The number of halogens is 2. The topological polar surface area (TPSA) is 18.5 Å². The average molecular weight is 407 g/mol. The van der Waals surface area contributed by atoms with Crippen molar-refractivity contribution in [3.8, 4) is 5.75 Å². The van der Waals surface area contributed by atoms with Crippen LogP contribution in [0, 0.1) is 23.7 Å². The maximum atomic E-state index is 12.2. The number of benzene rings is 1. The molecule has 2 nitrogen and oxygen atoms in total. The summed E-state index contributed by atoms with van der Waals surface area (Å²) in [6.45, 7) is -2.02.